The normalized spacial score (nSPS) is 10.4. The van der Waals surface area contributed by atoms with E-state index in [1.807, 2.05) is 36.7 Å². The molecule has 0 aliphatic heterocycles. The first kappa shape index (κ1) is 12.8. The summed E-state index contributed by atoms with van der Waals surface area (Å²) in [5.41, 5.74) is 2.98. The Balaban J connectivity index is 2.21. The Kier molecular flexibility index (Phi) is 3.78. The maximum atomic E-state index is 12.1. The fourth-order valence-corrected chi connectivity index (χ4v) is 1.93. The van der Waals surface area contributed by atoms with Crippen LogP contribution in [-0.4, -0.2) is 5.78 Å². The summed E-state index contributed by atoms with van der Waals surface area (Å²) >= 11 is 5.81. The molecule has 2 nitrogen and oxygen atoms in total. The quantitative estimate of drug-likeness (QED) is 0.614. The Morgan fingerprint density at radius 3 is 2.50 bits per heavy atom. The van der Waals surface area contributed by atoms with Crippen LogP contribution in [0.1, 0.15) is 21.6 Å². The van der Waals surface area contributed by atoms with Gasteiger partial charge in [-0.05, 0) is 37.3 Å². The van der Waals surface area contributed by atoms with Crippen LogP contribution in [0.2, 0.25) is 5.02 Å². The topological polar surface area (TPSA) is 20.9 Å². The Labute approximate surface area is 112 Å². The number of nitrogens with zero attached hydrogens (tertiary/aromatic N) is 1. The molecule has 0 spiro atoms. The van der Waals surface area contributed by atoms with Gasteiger partial charge in [-0.1, -0.05) is 11.6 Å². The molecule has 18 heavy (non-hydrogen) atoms. The standard InChI is InChI=1S/C15H15ClNO/c1-11-4-3-9-17(12(11)2)10-15(18)13-5-7-14(16)8-6-13/h3-9H,10H2,1-2H3/q+1. The van der Waals surface area contributed by atoms with Crippen LogP contribution < -0.4 is 4.57 Å². The molecule has 0 aliphatic carbocycles. The number of aromatic nitrogens is 1. The van der Waals surface area contributed by atoms with Gasteiger partial charge in [-0.25, -0.2) is 0 Å². The number of pyridine rings is 1. The first-order valence-corrected chi connectivity index (χ1v) is 6.20. The van der Waals surface area contributed by atoms with Crippen molar-refractivity contribution in [2.75, 3.05) is 0 Å². The van der Waals surface area contributed by atoms with Crippen LogP contribution >= 0.6 is 11.6 Å². The molecule has 0 fully saturated rings. The molecule has 0 unspecified atom stereocenters. The van der Waals surface area contributed by atoms with Crippen LogP contribution in [0.3, 0.4) is 0 Å². The van der Waals surface area contributed by atoms with Gasteiger partial charge in [0.1, 0.15) is 0 Å². The van der Waals surface area contributed by atoms with E-state index >= 15 is 0 Å². The van der Waals surface area contributed by atoms with Crippen LogP contribution in [0.4, 0.5) is 0 Å². The van der Waals surface area contributed by atoms with Gasteiger partial charge in [0.05, 0.1) is 0 Å². The highest BCUT2D eigenvalue weighted by molar-refractivity contribution is 6.30. The van der Waals surface area contributed by atoms with E-state index in [4.69, 9.17) is 11.6 Å². The third kappa shape index (κ3) is 2.77. The fraction of sp³-hybridized carbons (Fsp3) is 0.200. The van der Waals surface area contributed by atoms with E-state index in [0.717, 1.165) is 5.69 Å². The largest absolute Gasteiger partial charge is 0.287 e. The zero-order chi connectivity index (χ0) is 13.1. The average molecular weight is 261 g/mol. The monoisotopic (exact) mass is 260 g/mol. The number of carbonyl (C=O) groups is 1. The molecule has 2 aromatic rings. The van der Waals surface area contributed by atoms with E-state index in [1.54, 1.807) is 24.3 Å². The minimum atomic E-state index is 0.0883. The second kappa shape index (κ2) is 5.32. The van der Waals surface area contributed by atoms with Crippen molar-refractivity contribution in [2.24, 2.45) is 0 Å². The molecule has 3 heteroatoms. The van der Waals surface area contributed by atoms with Crippen LogP contribution in [0.5, 0.6) is 0 Å². The highest BCUT2D eigenvalue weighted by Crippen LogP contribution is 2.10. The van der Waals surface area contributed by atoms with E-state index in [2.05, 4.69) is 0 Å². The lowest BCUT2D eigenvalue weighted by Gasteiger charge is -2.02. The highest BCUT2D eigenvalue weighted by atomic mass is 35.5. The van der Waals surface area contributed by atoms with E-state index < -0.39 is 0 Å². The van der Waals surface area contributed by atoms with Crippen molar-refractivity contribution in [1.82, 2.24) is 0 Å². The Morgan fingerprint density at radius 1 is 1.17 bits per heavy atom. The second-order valence-electron chi connectivity index (χ2n) is 4.33. The second-order valence-corrected chi connectivity index (χ2v) is 4.77. The summed E-state index contributed by atoms with van der Waals surface area (Å²) in [6.45, 7) is 4.41. The van der Waals surface area contributed by atoms with Gasteiger partial charge in [0.25, 0.3) is 0 Å². The SMILES string of the molecule is Cc1ccc[n+](CC(=O)c2ccc(Cl)cc2)c1C. The molecule has 0 radical (unpaired) electrons. The molecule has 0 saturated heterocycles. The van der Waals surface area contributed by atoms with Crippen molar-refractivity contribution in [3.05, 3.63) is 64.4 Å². The summed E-state index contributed by atoms with van der Waals surface area (Å²) in [6.07, 6.45) is 1.93. The third-order valence-corrected chi connectivity index (χ3v) is 3.35. The minimum absolute atomic E-state index is 0.0883. The van der Waals surface area contributed by atoms with Crippen LogP contribution in [0.15, 0.2) is 42.6 Å². The predicted octanol–water partition coefficient (Wildman–Crippen LogP) is 3.13. The number of carbonyl (C=O) groups excluding carboxylic acids is 1. The third-order valence-electron chi connectivity index (χ3n) is 3.09. The summed E-state index contributed by atoms with van der Waals surface area (Å²) in [5, 5.41) is 0.644. The lowest BCUT2D eigenvalue weighted by molar-refractivity contribution is -0.689. The number of rotatable bonds is 3. The van der Waals surface area contributed by atoms with Crippen LogP contribution in [0.25, 0.3) is 0 Å². The van der Waals surface area contributed by atoms with Crippen LogP contribution in [0, 0.1) is 13.8 Å². The average Bonchev–Trinajstić information content (AvgIpc) is 2.36. The van der Waals surface area contributed by atoms with Gasteiger partial charge in [-0.2, -0.15) is 4.57 Å². The lowest BCUT2D eigenvalue weighted by atomic mass is 10.1. The van der Waals surface area contributed by atoms with E-state index in [0.29, 0.717) is 17.1 Å². The molecule has 0 bridgehead atoms. The van der Waals surface area contributed by atoms with Crippen molar-refractivity contribution >= 4 is 17.4 Å². The van der Waals surface area contributed by atoms with Gasteiger partial charge < -0.3 is 0 Å². The first-order valence-electron chi connectivity index (χ1n) is 5.82. The molecular formula is C15H15ClNO+. The molecule has 1 heterocycles. The molecule has 2 rings (SSSR count). The number of hydrogen-bond donors (Lipinski definition) is 0. The molecule has 0 saturated carbocycles. The zero-order valence-corrected chi connectivity index (χ0v) is 11.2. The van der Waals surface area contributed by atoms with Crippen molar-refractivity contribution in [2.45, 2.75) is 20.4 Å². The summed E-state index contributed by atoms with van der Waals surface area (Å²) in [6, 6.07) is 11.0. The molecule has 1 aromatic heterocycles. The fourth-order valence-electron chi connectivity index (χ4n) is 1.80. The van der Waals surface area contributed by atoms with Crippen molar-refractivity contribution in [3.8, 4) is 0 Å². The Bertz CT molecular complexity index is 576. The van der Waals surface area contributed by atoms with Crippen LogP contribution in [-0.2, 0) is 6.54 Å². The molecule has 0 N–H and O–H groups in total. The van der Waals surface area contributed by atoms with Gasteiger partial charge in [0, 0.05) is 29.1 Å². The summed E-state index contributed by atoms with van der Waals surface area (Å²) in [5.74, 6) is 0.0883. The van der Waals surface area contributed by atoms with Gasteiger partial charge in [-0.3, -0.25) is 4.79 Å². The molecule has 0 atom stereocenters. The van der Waals surface area contributed by atoms with Crippen molar-refractivity contribution < 1.29 is 9.36 Å². The molecule has 1 aromatic carbocycles. The van der Waals surface area contributed by atoms with E-state index in [9.17, 15) is 4.79 Å². The maximum absolute atomic E-state index is 12.1. The zero-order valence-electron chi connectivity index (χ0n) is 10.5. The number of benzene rings is 1. The number of ketones is 1. The summed E-state index contributed by atoms with van der Waals surface area (Å²) in [7, 11) is 0. The number of aryl methyl sites for hydroxylation is 1. The Hall–Kier alpha value is -1.67. The van der Waals surface area contributed by atoms with Crippen molar-refractivity contribution in [1.29, 1.82) is 0 Å². The van der Waals surface area contributed by atoms with Gasteiger partial charge in [0.2, 0.25) is 12.3 Å². The predicted molar refractivity (Wildman–Crippen MR) is 71.9 cm³/mol. The number of hydrogen-bond acceptors (Lipinski definition) is 1. The van der Waals surface area contributed by atoms with Gasteiger partial charge >= 0.3 is 0 Å². The molecular weight excluding hydrogens is 246 g/mol. The van der Waals surface area contributed by atoms with E-state index in [-0.39, 0.29) is 5.78 Å². The number of halogens is 1. The number of Topliss-reactive ketones (excluding diaryl/α,β-unsaturated/α-hetero) is 1. The van der Waals surface area contributed by atoms with Gasteiger partial charge in [-0.15, -0.1) is 0 Å². The minimum Gasteiger partial charge on any atom is -0.287 e. The highest BCUT2D eigenvalue weighted by Gasteiger charge is 2.15. The molecule has 92 valence electrons. The van der Waals surface area contributed by atoms with E-state index in [1.165, 1.54) is 5.56 Å². The van der Waals surface area contributed by atoms with Crippen molar-refractivity contribution in [3.63, 3.8) is 0 Å². The lowest BCUT2D eigenvalue weighted by Crippen LogP contribution is -2.41. The smallest absolute Gasteiger partial charge is 0.227 e. The van der Waals surface area contributed by atoms with Gasteiger partial charge in [0.15, 0.2) is 11.9 Å². The Morgan fingerprint density at radius 2 is 1.83 bits per heavy atom. The molecule has 0 aliphatic rings. The maximum Gasteiger partial charge on any atom is 0.227 e. The first-order chi connectivity index (χ1) is 8.58. The molecule has 0 amide bonds. The summed E-state index contributed by atoms with van der Waals surface area (Å²) in [4.78, 5) is 12.1. The summed E-state index contributed by atoms with van der Waals surface area (Å²) < 4.78 is 1.96.